The topological polar surface area (TPSA) is 134 Å². The van der Waals surface area contributed by atoms with Crippen LogP contribution in [0.25, 0.3) is 5.57 Å². The Balaban J connectivity index is 1.51. The summed E-state index contributed by atoms with van der Waals surface area (Å²) in [5, 5.41) is 12.8. The minimum Gasteiger partial charge on any atom is -0.497 e. The first kappa shape index (κ1) is 25.3. The van der Waals surface area contributed by atoms with Crippen LogP contribution in [0.2, 0.25) is 0 Å². The minimum atomic E-state index is -1.15. The highest BCUT2D eigenvalue weighted by Crippen LogP contribution is 2.32. The monoisotopic (exact) mass is 512 g/mol. The van der Waals surface area contributed by atoms with E-state index < -0.39 is 24.6 Å². The summed E-state index contributed by atoms with van der Waals surface area (Å²) in [4.78, 5) is 39.2. The van der Waals surface area contributed by atoms with Crippen molar-refractivity contribution < 1.29 is 19.4 Å². The van der Waals surface area contributed by atoms with Crippen molar-refractivity contribution >= 4 is 34.7 Å². The molecular formula is C28H28N6O4. The number of ether oxygens (including phenoxy) is 1. The number of carbonyl (C=O) groups is 2. The molecule has 2 aliphatic rings. The van der Waals surface area contributed by atoms with Crippen LogP contribution in [0.15, 0.2) is 79.0 Å². The molecule has 0 saturated heterocycles. The largest absolute Gasteiger partial charge is 0.497 e. The predicted molar refractivity (Wildman–Crippen MR) is 144 cm³/mol. The van der Waals surface area contributed by atoms with E-state index in [1.54, 1.807) is 43.6 Å². The summed E-state index contributed by atoms with van der Waals surface area (Å²) < 4.78 is 5.24. The molecule has 10 nitrogen and oxygen atoms in total. The number of benzene rings is 2. The summed E-state index contributed by atoms with van der Waals surface area (Å²) in [7, 11) is 1.60. The lowest BCUT2D eigenvalue weighted by Crippen LogP contribution is -2.50. The van der Waals surface area contributed by atoms with Gasteiger partial charge in [-0.2, -0.15) is 4.98 Å². The number of allylic oxidation sites excluding steroid dienone is 2. The molecule has 194 valence electrons. The molecule has 38 heavy (non-hydrogen) atoms. The number of nitrogens with zero attached hydrogens (tertiary/aromatic N) is 4. The van der Waals surface area contributed by atoms with Gasteiger partial charge in [-0.1, -0.05) is 48.6 Å². The van der Waals surface area contributed by atoms with Gasteiger partial charge in [0, 0.05) is 23.9 Å². The van der Waals surface area contributed by atoms with E-state index in [1.165, 1.54) is 4.90 Å². The predicted octanol–water partition coefficient (Wildman–Crippen LogP) is 1.93. The number of ketones is 1. The van der Waals surface area contributed by atoms with Crippen molar-refractivity contribution in [2.24, 2.45) is 5.73 Å². The molecule has 0 fully saturated rings. The van der Waals surface area contributed by atoms with Crippen LogP contribution < -0.4 is 25.6 Å². The van der Waals surface area contributed by atoms with E-state index >= 15 is 0 Å². The van der Waals surface area contributed by atoms with Crippen molar-refractivity contribution in [3.05, 3.63) is 90.1 Å². The molecule has 1 aromatic heterocycles. The second-order valence-corrected chi connectivity index (χ2v) is 8.87. The standard InChI is InChI=1S/C28H28N6O4/c1-38-21-12-10-18(11-13-21)22-8-5-9-24(25(22)36)33-17-30-14-19-15-31-28(32-26(19)33)34(27(37)23(29)16-35)20-6-3-2-4-7-20/h2-13,15,23-24,30,35H,14,16-17,29H2,1H3/t23-,24?/m0/s1. The molecule has 0 spiro atoms. The highest BCUT2D eigenvalue weighted by molar-refractivity contribution is 6.26. The Labute approximate surface area is 220 Å². The van der Waals surface area contributed by atoms with E-state index in [2.05, 4.69) is 10.3 Å². The van der Waals surface area contributed by atoms with Gasteiger partial charge >= 0.3 is 0 Å². The van der Waals surface area contributed by atoms with Gasteiger partial charge in [0.05, 0.1) is 26.1 Å². The number of para-hydroxylation sites is 1. The number of anilines is 3. The van der Waals surface area contributed by atoms with Crippen molar-refractivity contribution in [2.45, 2.75) is 18.6 Å². The molecule has 1 aliphatic heterocycles. The summed E-state index contributed by atoms with van der Waals surface area (Å²) in [6.45, 7) is 0.355. The number of carbonyl (C=O) groups excluding carboxylic acids is 2. The molecule has 10 heteroatoms. The van der Waals surface area contributed by atoms with E-state index in [0.717, 1.165) is 11.1 Å². The number of nitrogens with one attached hydrogen (secondary N) is 1. The van der Waals surface area contributed by atoms with E-state index in [-0.39, 0.29) is 11.7 Å². The Morgan fingerprint density at radius 3 is 2.71 bits per heavy atom. The Bertz CT molecular complexity index is 1390. The van der Waals surface area contributed by atoms with Crippen LogP contribution in [0.5, 0.6) is 5.75 Å². The molecule has 0 radical (unpaired) electrons. The zero-order chi connectivity index (χ0) is 26.6. The average molecular weight is 513 g/mol. The van der Waals surface area contributed by atoms with Crippen LogP contribution >= 0.6 is 0 Å². The molecule has 3 aromatic rings. The Kier molecular flexibility index (Phi) is 7.27. The fourth-order valence-electron chi connectivity index (χ4n) is 4.49. The highest BCUT2D eigenvalue weighted by Gasteiger charge is 2.34. The van der Waals surface area contributed by atoms with Crippen LogP contribution in [0.3, 0.4) is 0 Å². The number of aliphatic hydroxyl groups is 1. The number of aliphatic hydroxyl groups excluding tert-OH is 1. The molecule has 4 N–H and O–H groups in total. The van der Waals surface area contributed by atoms with Gasteiger partial charge in [-0.15, -0.1) is 0 Å². The van der Waals surface area contributed by atoms with Gasteiger partial charge in [0.2, 0.25) is 5.95 Å². The Hall–Kier alpha value is -4.38. The number of fused-ring (bicyclic) bond motifs is 1. The molecular weight excluding hydrogens is 484 g/mol. The fraction of sp³-hybridized carbons (Fsp3) is 0.214. The third-order valence-electron chi connectivity index (χ3n) is 6.47. The first-order valence-corrected chi connectivity index (χ1v) is 12.2. The maximum Gasteiger partial charge on any atom is 0.253 e. The fourth-order valence-corrected chi connectivity index (χ4v) is 4.49. The molecule has 5 rings (SSSR count). The van der Waals surface area contributed by atoms with Crippen LogP contribution in [0.1, 0.15) is 11.1 Å². The van der Waals surface area contributed by atoms with E-state index in [1.807, 2.05) is 47.4 Å². The van der Waals surface area contributed by atoms with Gasteiger partial charge < -0.3 is 20.5 Å². The van der Waals surface area contributed by atoms with Crippen molar-refractivity contribution in [3.8, 4) is 5.75 Å². The lowest BCUT2D eigenvalue weighted by atomic mass is 9.92. The van der Waals surface area contributed by atoms with Crippen LogP contribution in [-0.2, 0) is 16.1 Å². The minimum absolute atomic E-state index is 0.0780. The SMILES string of the molecule is COc1ccc(C2=CC=CC(N3CNCc4cnc(N(C(=O)[C@@H](N)CO)c5ccccc5)nc43)C2=O)cc1. The summed E-state index contributed by atoms with van der Waals surface area (Å²) >= 11 is 0. The normalized spacial score (nSPS) is 17.4. The Morgan fingerprint density at radius 1 is 1.24 bits per heavy atom. The molecule has 2 heterocycles. The number of hydrogen-bond acceptors (Lipinski definition) is 9. The van der Waals surface area contributed by atoms with Crippen LogP contribution in [-0.4, -0.2) is 59.2 Å². The molecule has 1 aliphatic carbocycles. The summed E-state index contributed by atoms with van der Waals surface area (Å²) in [6, 6.07) is 14.5. The summed E-state index contributed by atoms with van der Waals surface area (Å²) in [5.74, 6) is 0.734. The maximum absolute atomic E-state index is 13.7. The number of methoxy groups -OCH3 is 1. The number of hydrogen-bond donors (Lipinski definition) is 3. The number of amides is 1. The van der Waals surface area contributed by atoms with Gasteiger partial charge in [-0.3, -0.25) is 14.9 Å². The number of aromatic nitrogens is 2. The van der Waals surface area contributed by atoms with Crippen molar-refractivity contribution in [3.63, 3.8) is 0 Å². The Morgan fingerprint density at radius 2 is 2.00 bits per heavy atom. The maximum atomic E-state index is 13.7. The second-order valence-electron chi connectivity index (χ2n) is 8.87. The van der Waals surface area contributed by atoms with Gasteiger partial charge in [0.15, 0.2) is 5.78 Å². The van der Waals surface area contributed by atoms with Crippen LogP contribution in [0, 0.1) is 0 Å². The van der Waals surface area contributed by atoms with Gasteiger partial charge in [0.25, 0.3) is 5.91 Å². The number of rotatable bonds is 7. The average Bonchev–Trinajstić information content (AvgIpc) is 2.97. The second kappa shape index (κ2) is 10.9. The smallest absolute Gasteiger partial charge is 0.253 e. The van der Waals surface area contributed by atoms with Crippen molar-refractivity contribution in [1.29, 1.82) is 0 Å². The van der Waals surface area contributed by atoms with Crippen molar-refractivity contribution in [1.82, 2.24) is 15.3 Å². The van der Waals surface area contributed by atoms with Gasteiger partial charge in [0.1, 0.15) is 23.7 Å². The van der Waals surface area contributed by atoms with E-state index in [9.17, 15) is 14.7 Å². The number of nitrogens with two attached hydrogens (primary N) is 1. The lowest BCUT2D eigenvalue weighted by molar-refractivity contribution is -0.120. The molecule has 1 unspecified atom stereocenters. The highest BCUT2D eigenvalue weighted by atomic mass is 16.5. The van der Waals surface area contributed by atoms with Crippen LogP contribution in [0.4, 0.5) is 17.5 Å². The third-order valence-corrected chi connectivity index (χ3v) is 6.47. The molecule has 2 atom stereocenters. The molecule has 2 aromatic carbocycles. The quantitative estimate of drug-likeness (QED) is 0.434. The van der Waals surface area contributed by atoms with E-state index in [0.29, 0.717) is 36.0 Å². The lowest BCUT2D eigenvalue weighted by Gasteiger charge is -2.36. The van der Waals surface area contributed by atoms with Crippen molar-refractivity contribution in [2.75, 3.05) is 30.2 Å². The number of Topliss-reactive ketones (excluding diaryl/α,β-unsaturated/α-hetero) is 1. The third kappa shape index (κ3) is 4.80. The van der Waals surface area contributed by atoms with E-state index in [4.69, 9.17) is 15.5 Å². The molecule has 0 saturated carbocycles. The summed E-state index contributed by atoms with van der Waals surface area (Å²) in [5.41, 5.74) is 8.57. The zero-order valence-corrected chi connectivity index (χ0v) is 20.8. The summed E-state index contributed by atoms with van der Waals surface area (Å²) in [6.07, 6.45) is 7.13. The molecule has 0 bridgehead atoms. The molecule has 1 amide bonds. The zero-order valence-electron chi connectivity index (χ0n) is 20.8. The first-order chi connectivity index (χ1) is 18.5. The van der Waals surface area contributed by atoms with Gasteiger partial charge in [-0.05, 0) is 29.8 Å². The first-order valence-electron chi connectivity index (χ1n) is 12.2. The van der Waals surface area contributed by atoms with Gasteiger partial charge in [-0.25, -0.2) is 9.88 Å².